The van der Waals surface area contributed by atoms with E-state index in [1.54, 1.807) is 0 Å². The quantitative estimate of drug-likeness (QED) is 0.766. The molecular weight excluding hydrogens is 188 g/mol. The minimum Gasteiger partial charge on any atom is -0.341 e. The zero-order chi connectivity index (χ0) is 10.9. The van der Waals surface area contributed by atoms with Crippen molar-refractivity contribution in [2.24, 2.45) is 0 Å². The van der Waals surface area contributed by atoms with Crippen LogP contribution in [0.15, 0.2) is 0 Å². The predicted molar refractivity (Wildman–Crippen MR) is 60.7 cm³/mol. The van der Waals surface area contributed by atoms with Crippen molar-refractivity contribution < 1.29 is 4.79 Å². The van der Waals surface area contributed by atoms with Gasteiger partial charge in [0.15, 0.2) is 0 Å². The van der Waals surface area contributed by atoms with Gasteiger partial charge in [-0.25, -0.2) is 0 Å². The van der Waals surface area contributed by atoms with Crippen LogP contribution < -0.4 is 5.32 Å². The smallest absolute Gasteiger partial charge is 0.242 e. The molecule has 1 aliphatic carbocycles. The first-order valence-corrected chi connectivity index (χ1v) is 6.22. The molecule has 0 aromatic rings. The van der Waals surface area contributed by atoms with Gasteiger partial charge in [-0.2, -0.15) is 0 Å². The standard InChI is InChI=1S/C12H22N2O/c1-3-12(8-5-9-13-12)11(15)14(2)10-6-4-7-10/h10,13H,3-9H2,1-2H3. The molecule has 0 aromatic carbocycles. The van der Waals surface area contributed by atoms with Gasteiger partial charge in [0, 0.05) is 13.1 Å². The second kappa shape index (κ2) is 4.12. The van der Waals surface area contributed by atoms with Gasteiger partial charge in [-0.15, -0.1) is 0 Å². The van der Waals surface area contributed by atoms with Crippen molar-refractivity contribution >= 4 is 5.91 Å². The van der Waals surface area contributed by atoms with Crippen LogP contribution in [0.5, 0.6) is 0 Å². The zero-order valence-corrected chi connectivity index (χ0v) is 9.88. The molecule has 2 rings (SSSR count). The Bertz CT molecular complexity index is 242. The molecule has 3 heteroatoms. The lowest BCUT2D eigenvalue weighted by Crippen LogP contribution is -2.56. The van der Waals surface area contributed by atoms with Crippen LogP contribution in [0.3, 0.4) is 0 Å². The summed E-state index contributed by atoms with van der Waals surface area (Å²) in [7, 11) is 1.98. The third-order valence-corrected chi connectivity index (χ3v) is 4.20. The maximum Gasteiger partial charge on any atom is 0.242 e. The number of rotatable bonds is 3. The maximum absolute atomic E-state index is 12.4. The van der Waals surface area contributed by atoms with Crippen LogP contribution in [0.2, 0.25) is 0 Å². The molecule has 0 bridgehead atoms. The fourth-order valence-corrected chi connectivity index (χ4v) is 2.72. The minimum absolute atomic E-state index is 0.232. The molecule has 2 fully saturated rings. The van der Waals surface area contributed by atoms with E-state index in [9.17, 15) is 4.79 Å². The molecule has 1 heterocycles. The van der Waals surface area contributed by atoms with E-state index < -0.39 is 0 Å². The lowest BCUT2D eigenvalue weighted by atomic mass is 9.87. The van der Waals surface area contributed by atoms with Crippen LogP contribution in [-0.2, 0) is 4.79 Å². The highest BCUT2D eigenvalue weighted by atomic mass is 16.2. The summed E-state index contributed by atoms with van der Waals surface area (Å²) in [6, 6.07) is 0.517. The summed E-state index contributed by atoms with van der Waals surface area (Å²) in [4.78, 5) is 14.4. The van der Waals surface area contributed by atoms with E-state index in [2.05, 4.69) is 12.2 Å². The van der Waals surface area contributed by atoms with Crippen molar-refractivity contribution in [1.29, 1.82) is 0 Å². The highest BCUT2D eigenvalue weighted by molar-refractivity contribution is 5.86. The van der Waals surface area contributed by atoms with Crippen LogP contribution in [0.4, 0.5) is 0 Å². The van der Waals surface area contributed by atoms with Crippen LogP contribution >= 0.6 is 0 Å². The summed E-state index contributed by atoms with van der Waals surface area (Å²) in [6.07, 6.45) is 6.75. The van der Waals surface area contributed by atoms with Crippen LogP contribution in [0, 0.1) is 0 Å². The van der Waals surface area contributed by atoms with Gasteiger partial charge in [-0.1, -0.05) is 6.92 Å². The number of nitrogens with zero attached hydrogens (tertiary/aromatic N) is 1. The number of nitrogens with one attached hydrogen (secondary N) is 1. The number of likely N-dealkylation sites (N-methyl/N-ethyl adjacent to an activating group) is 1. The Morgan fingerprint density at radius 3 is 2.60 bits per heavy atom. The van der Waals surface area contributed by atoms with Crippen molar-refractivity contribution in [3.63, 3.8) is 0 Å². The minimum atomic E-state index is -0.232. The second-order valence-corrected chi connectivity index (χ2v) is 4.97. The molecule has 0 radical (unpaired) electrons. The highest BCUT2D eigenvalue weighted by Gasteiger charge is 2.42. The molecule has 86 valence electrons. The molecule has 1 unspecified atom stereocenters. The molecule has 1 N–H and O–H groups in total. The van der Waals surface area contributed by atoms with E-state index in [1.165, 1.54) is 19.3 Å². The molecule has 1 atom stereocenters. The average molecular weight is 210 g/mol. The summed E-state index contributed by atoms with van der Waals surface area (Å²) in [5.74, 6) is 0.326. The van der Waals surface area contributed by atoms with E-state index in [-0.39, 0.29) is 5.54 Å². The van der Waals surface area contributed by atoms with Gasteiger partial charge in [0.05, 0.1) is 5.54 Å². The lowest BCUT2D eigenvalue weighted by Gasteiger charge is -2.40. The van der Waals surface area contributed by atoms with E-state index in [0.29, 0.717) is 11.9 Å². The SMILES string of the molecule is CCC1(C(=O)N(C)C2CCC2)CCCN1. The van der Waals surface area contributed by atoms with Crippen LogP contribution in [0.25, 0.3) is 0 Å². The van der Waals surface area contributed by atoms with Crippen molar-refractivity contribution in [1.82, 2.24) is 10.2 Å². The van der Waals surface area contributed by atoms with Crippen LogP contribution in [-0.4, -0.2) is 36.0 Å². The first kappa shape index (κ1) is 10.9. The van der Waals surface area contributed by atoms with Gasteiger partial charge in [-0.05, 0) is 45.1 Å². The number of amides is 1. The Balaban J connectivity index is 2.03. The molecule has 1 aliphatic heterocycles. The maximum atomic E-state index is 12.4. The Hall–Kier alpha value is -0.570. The molecule has 0 aromatic heterocycles. The van der Waals surface area contributed by atoms with Gasteiger partial charge in [-0.3, -0.25) is 4.79 Å². The summed E-state index contributed by atoms with van der Waals surface area (Å²) in [5.41, 5.74) is -0.232. The average Bonchev–Trinajstić information content (AvgIpc) is 2.63. The van der Waals surface area contributed by atoms with Crippen molar-refractivity contribution in [2.45, 2.75) is 57.0 Å². The molecule has 1 saturated heterocycles. The molecule has 15 heavy (non-hydrogen) atoms. The summed E-state index contributed by atoms with van der Waals surface area (Å²) in [5, 5.41) is 3.41. The summed E-state index contributed by atoms with van der Waals surface area (Å²) < 4.78 is 0. The number of carbonyl (C=O) groups is 1. The van der Waals surface area contributed by atoms with Gasteiger partial charge in [0.1, 0.15) is 0 Å². The largest absolute Gasteiger partial charge is 0.341 e. The fourth-order valence-electron chi connectivity index (χ4n) is 2.72. The van der Waals surface area contributed by atoms with E-state index in [1.807, 2.05) is 11.9 Å². The first-order valence-electron chi connectivity index (χ1n) is 6.22. The predicted octanol–water partition coefficient (Wildman–Crippen LogP) is 1.53. The second-order valence-electron chi connectivity index (χ2n) is 4.97. The van der Waals surface area contributed by atoms with E-state index >= 15 is 0 Å². The zero-order valence-electron chi connectivity index (χ0n) is 9.88. The topological polar surface area (TPSA) is 32.3 Å². The normalized spacial score (nSPS) is 31.3. The number of carbonyl (C=O) groups excluding carboxylic acids is 1. The van der Waals surface area contributed by atoms with Gasteiger partial charge >= 0.3 is 0 Å². The third kappa shape index (κ3) is 1.78. The summed E-state index contributed by atoms with van der Waals surface area (Å²) in [6.45, 7) is 3.11. The van der Waals surface area contributed by atoms with E-state index in [4.69, 9.17) is 0 Å². The van der Waals surface area contributed by atoms with Crippen molar-refractivity contribution in [2.75, 3.05) is 13.6 Å². The van der Waals surface area contributed by atoms with Crippen LogP contribution in [0.1, 0.15) is 45.4 Å². The fraction of sp³-hybridized carbons (Fsp3) is 0.917. The Morgan fingerprint density at radius 1 is 1.47 bits per heavy atom. The van der Waals surface area contributed by atoms with Crippen molar-refractivity contribution in [3.05, 3.63) is 0 Å². The molecule has 2 aliphatic rings. The number of hydrogen-bond acceptors (Lipinski definition) is 2. The van der Waals surface area contributed by atoms with Gasteiger partial charge in [0.25, 0.3) is 0 Å². The van der Waals surface area contributed by atoms with Crippen molar-refractivity contribution in [3.8, 4) is 0 Å². The monoisotopic (exact) mass is 210 g/mol. The Morgan fingerprint density at radius 2 is 2.20 bits per heavy atom. The lowest BCUT2D eigenvalue weighted by molar-refractivity contribution is -0.140. The Labute approximate surface area is 92.2 Å². The third-order valence-electron chi connectivity index (χ3n) is 4.20. The first-order chi connectivity index (χ1) is 7.19. The number of hydrogen-bond donors (Lipinski definition) is 1. The molecule has 1 saturated carbocycles. The highest BCUT2D eigenvalue weighted by Crippen LogP contribution is 2.30. The van der Waals surface area contributed by atoms with Gasteiger partial charge in [0.2, 0.25) is 5.91 Å². The molecule has 1 amide bonds. The molecule has 0 spiro atoms. The van der Waals surface area contributed by atoms with Gasteiger partial charge < -0.3 is 10.2 Å². The van der Waals surface area contributed by atoms with E-state index in [0.717, 1.165) is 25.8 Å². The Kier molecular flexibility index (Phi) is 3.01. The molecule has 3 nitrogen and oxygen atoms in total. The summed E-state index contributed by atoms with van der Waals surface area (Å²) >= 11 is 0. The molecular formula is C12H22N2O.